The summed E-state index contributed by atoms with van der Waals surface area (Å²) in [5.41, 5.74) is 3.37. The molecule has 0 radical (unpaired) electrons. The minimum atomic E-state index is 0.623. The number of hydrogen-bond donors (Lipinski definition) is 1. The van der Waals surface area contributed by atoms with Gasteiger partial charge in [-0.05, 0) is 48.3 Å². The molecule has 1 aromatic carbocycles. The van der Waals surface area contributed by atoms with Crippen molar-refractivity contribution in [2.24, 2.45) is 10.4 Å². The molecule has 0 bridgehead atoms. The van der Waals surface area contributed by atoms with Gasteiger partial charge in [-0.2, -0.15) is 0 Å². The minimum absolute atomic E-state index is 0.623. The Hall–Kier alpha value is -1.71. The van der Waals surface area contributed by atoms with Crippen molar-refractivity contribution in [1.29, 1.82) is 0 Å². The van der Waals surface area contributed by atoms with Gasteiger partial charge in [0.05, 0.1) is 6.61 Å². The Kier molecular flexibility index (Phi) is 3.92. The largest absolute Gasteiger partial charge is 0.493 e. The summed E-state index contributed by atoms with van der Waals surface area (Å²) in [7, 11) is 1.90. The van der Waals surface area contributed by atoms with E-state index in [0.29, 0.717) is 5.41 Å². The van der Waals surface area contributed by atoms with E-state index in [1.165, 1.54) is 43.4 Å². The van der Waals surface area contributed by atoms with Crippen LogP contribution < -0.4 is 10.1 Å². The molecule has 1 aromatic rings. The SMILES string of the molecule is CN=C(NCCc1ccc2c(c1)CCO2)N1CCC2(CCC2)C1. The third kappa shape index (κ3) is 2.91. The molecule has 124 valence electrons. The molecule has 0 unspecified atom stereocenters. The molecule has 1 aliphatic carbocycles. The first-order valence-corrected chi connectivity index (χ1v) is 8.98. The fourth-order valence-electron chi connectivity index (χ4n) is 4.25. The lowest BCUT2D eigenvalue weighted by Crippen LogP contribution is -2.43. The molecule has 4 rings (SSSR count). The van der Waals surface area contributed by atoms with Crippen molar-refractivity contribution in [1.82, 2.24) is 10.2 Å². The first-order chi connectivity index (χ1) is 11.3. The van der Waals surface area contributed by atoms with E-state index < -0.39 is 0 Å². The molecular formula is C19H27N3O. The fraction of sp³-hybridized carbons (Fsp3) is 0.632. The van der Waals surface area contributed by atoms with E-state index in [1.807, 2.05) is 7.05 Å². The highest BCUT2D eigenvalue weighted by molar-refractivity contribution is 5.80. The number of guanidine groups is 1. The van der Waals surface area contributed by atoms with E-state index in [9.17, 15) is 0 Å². The van der Waals surface area contributed by atoms with Crippen LogP contribution in [0.1, 0.15) is 36.8 Å². The lowest BCUT2D eigenvalue weighted by Gasteiger charge is -2.38. The second-order valence-corrected chi connectivity index (χ2v) is 7.29. The molecule has 1 N–H and O–H groups in total. The number of likely N-dealkylation sites (tertiary alicyclic amines) is 1. The summed E-state index contributed by atoms with van der Waals surface area (Å²) >= 11 is 0. The van der Waals surface area contributed by atoms with Gasteiger partial charge in [0.2, 0.25) is 0 Å². The fourth-order valence-corrected chi connectivity index (χ4v) is 4.25. The van der Waals surface area contributed by atoms with Crippen LogP contribution in [-0.4, -0.2) is 44.1 Å². The Morgan fingerprint density at radius 2 is 2.26 bits per heavy atom. The quantitative estimate of drug-likeness (QED) is 0.688. The maximum absolute atomic E-state index is 5.58. The molecule has 4 nitrogen and oxygen atoms in total. The lowest BCUT2D eigenvalue weighted by atomic mass is 9.68. The van der Waals surface area contributed by atoms with Gasteiger partial charge in [0.15, 0.2) is 5.96 Å². The Morgan fingerprint density at radius 3 is 3.00 bits per heavy atom. The normalized spacial score (nSPS) is 22.0. The highest BCUT2D eigenvalue weighted by atomic mass is 16.5. The van der Waals surface area contributed by atoms with Crippen molar-refractivity contribution in [2.75, 3.05) is 33.3 Å². The maximum atomic E-state index is 5.58. The molecule has 2 aliphatic heterocycles. The molecule has 0 atom stereocenters. The number of fused-ring (bicyclic) bond motifs is 1. The Balaban J connectivity index is 1.30. The van der Waals surface area contributed by atoms with E-state index in [2.05, 4.69) is 33.4 Å². The molecule has 1 saturated carbocycles. The number of nitrogens with one attached hydrogen (secondary N) is 1. The Morgan fingerprint density at radius 1 is 1.35 bits per heavy atom. The van der Waals surface area contributed by atoms with Crippen LogP contribution in [0.4, 0.5) is 0 Å². The average molecular weight is 313 g/mol. The van der Waals surface area contributed by atoms with Crippen molar-refractivity contribution >= 4 is 5.96 Å². The first-order valence-electron chi connectivity index (χ1n) is 8.98. The van der Waals surface area contributed by atoms with Crippen LogP contribution in [0, 0.1) is 5.41 Å². The topological polar surface area (TPSA) is 36.9 Å². The summed E-state index contributed by atoms with van der Waals surface area (Å²) in [5, 5.41) is 3.56. The van der Waals surface area contributed by atoms with E-state index in [-0.39, 0.29) is 0 Å². The van der Waals surface area contributed by atoms with Gasteiger partial charge in [0, 0.05) is 33.1 Å². The van der Waals surface area contributed by atoms with Crippen LogP contribution in [0.15, 0.2) is 23.2 Å². The van der Waals surface area contributed by atoms with Gasteiger partial charge in [-0.3, -0.25) is 4.99 Å². The number of rotatable bonds is 3. The van der Waals surface area contributed by atoms with Crippen molar-refractivity contribution < 1.29 is 4.74 Å². The maximum Gasteiger partial charge on any atom is 0.193 e. The lowest BCUT2D eigenvalue weighted by molar-refractivity contribution is 0.151. The van der Waals surface area contributed by atoms with Gasteiger partial charge in [0.25, 0.3) is 0 Å². The molecule has 3 aliphatic rings. The van der Waals surface area contributed by atoms with Crippen LogP contribution in [0.5, 0.6) is 5.75 Å². The van der Waals surface area contributed by atoms with E-state index >= 15 is 0 Å². The average Bonchev–Trinajstić information content (AvgIpc) is 3.17. The zero-order valence-corrected chi connectivity index (χ0v) is 14.1. The summed E-state index contributed by atoms with van der Waals surface area (Å²) < 4.78 is 5.58. The first kappa shape index (κ1) is 14.9. The van der Waals surface area contributed by atoms with Gasteiger partial charge in [-0.25, -0.2) is 0 Å². The third-order valence-corrected chi connectivity index (χ3v) is 5.81. The van der Waals surface area contributed by atoms with E-state index in [4.69, 9.17) is 4.74 Å². The molecule has 0 aromatic heterocycles. The Labute approximate surface area is 138 Å². The molecule has 4 heteroatoms. The summed E-state index contributed by atoms with van der Waals surface area (Å²) in [4.78, 5) is 6.95. The Bertz CT molecular complexity index is 607. The zero-order valence-electron chi connectivity index (χ0n) is 14.1. The van der Waals surface area contributed by atoms with Gasteiger partial charge in [-0.1, -0.05) is 18.6 Å². The van der Waals surface area contributed by atoms with Gasteiger partial charge in [-0.15, -0.1) is 0 Å². The summed E-state index contributed by atoms with van der Waals surface area (Å²) in [5.74, 6) is 2.15. The monoisotopic (exact) mass is 313 g/mol. The standard InChI is InChI=1S/C19H27N3O/c1-20-18(22-11-9-19(14-22)7-2-8-19)21-10-5-15-3-4-17-16(13-15)6-12-23-17/h3-4,13H,2,5-12,14H2,1H3,(H,20,21). The number of ether oxygens (including phenoxy) is 1. The van der Waals surface area contributed by atoms with E-state index in [0.717, 1.165) is 44.2 Å². The van der Waals surface area contributed by atoms with Crippen molar-refractivity contribution in [3.63, 3.8) is 0 Å². The van der Waals surface area contributed by atoms with Crippen LogP contribution in [-0.2, 0) is 12.8 Å². The molecule has 2 fully saturated rings. The second-order valence-electron chi connectivity index (χ2n) is 7.29. The smallest absolute Gasteiger partial charge is 0.193 e. The van der Waals surface area contributed by atoms with Crippen LogP contribution in [0.2, 0.25) is 0 Å². The summed E-state index contributed by atoms with van der Waals surface area (Å²) in [6.07, 6.45) is 7.68. The number of benzene rings is 1. The third-order valence-electron chi connectivity index (χ3n) is 5.81. The molecule has 2 heterocycles. The number of aliphatic imine (C=N–C) groups is 1. The molecule has 23 heavy (non-hydrogen) atoms. The molecular weight excluding hydrogens is 286 g/mol. The molecule has 0 amide bonds. The number of hydrogen-bond acceptors (Lipinski definition) is 2. The van der Waals surface area contributed by atoms with Gasteiger partial charge >= 0.3 is 0 Å². The minimum Gasteiger partial charge on any atom is -0.493 e. The van der Waals surface area contributed by atoms with Crippen LogP contribution in [0.25, 0.3) is 0 Å². The summed E-state index contributed by atoms with van der Waals surface area (Å²) in [6, 6.07) is 6.60. The predicted octanol–water partition coefficient (Wildman–Crippen LogP) is 2.62. The zero-order chi connectivity index (χ0) is 15.7. The second kappa shape index (κ2) is 6.06. The van der Waals surface area contributed by atoms with E-state index in [1.54, 1.807) is 0 Å². The van der Waals surface area contributed by atoms with Crippen LogP contribution in [0.3, 0.4) is 0 Å². The summed E-state index contributed by atoms with van der Waals surface area (Å²) in [6.45, 7) is 4.13. The van der Waals surface area contributed by atoms with Crippen LogP contribution >= 0.6 is 0 Å². The number of nitrogens with zero attached hydrogens (tertiary/aromatic N) is 2. The van der Waals surface area contributed by atoms with Gasteiger partial charge in [0.1, 0.15) is 5.75 Å². The highest BCUT2D eigenvalue weighted by Crippen LogP contribution is 2.47. The van der Waals surface area contributed by atoms with Crippen molar-refractivity contribution in [3.8, 4) is 5.75 Å². The van der Waals surface area contributed by atoms with Crippen molar-refractivity contribution in [2.45, 2.75) is 38.5 Å². The van der Waals surface area contributed by atoms with Gasteiger partial charge < -0.3 is 15.0 Å². The molecule has 1 spiro atoms. The molecule has 1 saturated heterocycles. The highest BCUT2D eigenvalue weighted by Gasteiger charge is 2.43. The predicted molar refractivity (Wildman–Crippen MR) is 93.2 cm³/mol. The van der Waals surface area contributed by atoms with Crippen molar-refractivity contribution in [3.05, 3.63) is 29.3 Å².